The van der Waals surface area contributed by atoms with Gasteiger partial charge in [-0.3, -0.25) is 0 Å². The van der Waals surface area contributed by atoms with Crippen LogP contribution in [-0.2, 0) is 0 Å². The first-order valence-electron chi connectivity index (χ1n) is 3.53. The average Bonchev–Trinajstić information content (AvgIpc) is 1.83. The van der Waals surface area contributed by atoms with Gasteiger partial charge in [0.2, 0.25) is 0 Å². The third-order valence-electron chi connectivity index (χ3n) is 1.39. The fourth-order valence-electron chi connectivity index (χ4n) is 0.638. The fourth-order valence-corrected chi connectivity index (χ4v) is 0.638. The molecule has 0 spiro atoms. The van der Waals surface area contributed by atoms with Crippen molar-refractivity contribution < 1.29 is 10.2 Å². The largest absolute Gasteiger partial charge is 0.393 e. The molecule has 0 aromatic carbocycles. The van der Waals surface area contributed by atoms with Crippen molar-refractivity contribution in [2.45, 2.75) is 45.3 Å². The van der Waals surface area contributed by atoms with Gasteiger partial charge >= 0.3 is 0 Å². The summed E-state index contributed by atoms with van der Waals surface area (Å²) in [6.07, 6.45) is 1.71. The first kappa shape index (κ1) is 8.92. The van der Waals surface area contributed by atoms with Crippen molar-refractivity contribution in [2.24, 2.45) is 0 Å². The number of aliphatic hydroxyl groups excluding tert-OH is 2. The summed E-state index contributed by atoms with van der Waals surface area (Å²) in [5, 5.41) is 17.8. The molecule has 0 aliphatic heterocycles. The summed E-state index contributed by atoms with van der Waals surface area (Å²) in [6, 6.07) is 0. The molecule has 0 fully saturated rings. The molecule has 0 amide bonds. The maximum atomic E-state index is 9.00. The molecule has 2 N–H and O–H groups in total. The predicted molar refractivity (Wildman–Crippen MR) is 37.2 cm³/mol. The second-order valence-electron chi connectivity index (χ2n) is 2.49. The van der Waals surface area contributed by atoms with Gasteiger partial charge in [0.25, 0.3) is 0 Å². The highest BCUT2D eigenvalue weighted by molar-refractivity contribution is 4.55. The smallest absolute Gasteiger partial charge is 0.0538 e. The van der Waals surface area contributed by atoms with Gasteiger partial charge in [-0.2, -0.15) is 0 Å². The zero-order valence-electron chi connectivity index (χ0n) is 6.17. The highest BCUT2D eigenvalue weighted by Crippen LogP contribution is 2.03. The molecule has 0 radical (unpaired) electrons. The van der Waals surface area contributed by atoms with Crippen LogP contribution in [0.1, 0.15) is 33.1 Å². The minimum Gasteiger partial charge on any atom is -0.393 e. The van der Waals surface area contributed by atoms with Gasteiger partial charge in [-0.15, -0.1) is 0 Å². The van der Waals surface area contributed by atoms with Crippen LogP contribution in [0.2, 0.25) is 0 Å². The van der Waals surface area contributed by atoms with E-state index in [1.54, 1.807) is 6.92 Å². The molecule has 0 bridgehead atoms. The Bertz CT molecular complexity index is 61.9. The van der Waals surface area contributed by atoms with Crippen LogP contribution in [0.5, 0.6) is 0 Å². The first-order chi connectivity index (χ1) is 4.16. The van der Waals surface area contributed by atoms with Gasteiger partial charge in [-0.05, 0) is 26.2 Å². The van der Waals surface area contributed by atoms with Crippen molar-refractivity contribution in [3.05, 3.63) is 0 Å². The van der Waals surface area contributed by atoms with E-state index in [-0.39, 0.29) is 12.2 Å². The van der Waals surface area contributed by atoms with Crippen molar-refractivity contribution in [1.82, 2.24) is 0 Å². The van der Waals surface area contributed by atoms with E-state index in [9.17, 15) is 0 Å². The highest BCUT2D eigenvalue weighted by Gasteiger charge is 2.01. The molecule has 0 aliphatic carbocycles. The molecule has 9 heavy (non-hydrogen) atoms. The maximum Gasteiger partial charge on any atom is 0.0538 e. The van der Waals surface area contributed by atoms with Gasteiger partial charge in [0.1, 0.15) is 0 Å². The van der Waals surface area contributed by atoms with Gasteiger partial charge in [0.15, 0.2) is 0 Å². The van der Waals surface area contributed by atoms with Gasteiger partial charge < -0.3 is 10.2 Å². The Labute approximate surface area is 56.5 Å². The maximum absolute atomic E-state index is 9.00. The van der Waals surface area contributed by atoms with E-state index in [0.29, 0.717) is 12.8 Å². The van der Waals surface area contributed by atoms with E-state index in [0.717, 1.165) is 6.42 Å². The number of hydrogen-bond acceptors (Lipinski definition) is 2. The molecule has 0 rings (SSSR count). The van der Waals surface area contributed by atoms with Gasteiger partial charge in [0, 0.05) is 0 Å². The van der Waals surface area contributed by atoms with Crippen LogP contribution in [0.4, 0.5) is 0 Å². The van der Waals surface area contributed by atoms with Crippen LogP contribution in [-0.4, -0.2) is 22.4 Å². The van der Waals surface area contributed by atoms with E-state index >= 15 is 0 Å². The quantitative estimate of drug-likeness (QED) is 0.597. The standard InChI is InChI=1S/C7H16O2/c1-3-7(9)5-4-6(2)8/h6-9H,3-5H2,1-2H3/t6-,7+/m1/s1. The fraction of sp³-hybridized carbons (Fsp3) is 1.00. The number of aliphatic hydroxyl groups is 2. The van der Waals surface area contributed by atoms with Crippen molar-refractivity contribution >= 4 is 0 Å². The summed E-state index contributed by atoms with van der Waals surface area (Å²) < 4.78 is 0. The summed E-state index contributed by atoms with van der Waals surface area (Å²) in [4.78, 5) is 0. The average molecular weight is 132 g/mol. The summed E-state index contributed by atoms with van der Waals surface area (Å²) in [7, 11) is 0. The van der Waals surface area contributed by atoms with Crippen molar-refractivity contribution in [3.63, 3.8) is 0 Å². The molecule has 0 aromatic rings. The Kier molecular flexibility index (Phi) is 4.72. The number of hydrogen-bond donors (Lipinski definition) is 2. The van der Waals surface area contributed by atoms with Crippen LogP contribution in [0.25, 0.3) is 0 Å². The minimum absolute atomic E-state index is 0.223. The van der Waals surface area contributed by atoms with Crippen LogP contribution < -0.4 is 0 Å². The van der Waals surface area contributed by atoms with Gasteiger partial charge in [-0.25, -0.2) is 0 Å². The molecule has 0 heterocycles. The summed E-state index contributed by atoms with van der Waals surface area (Å²) in [5.74, 6) is 0. The zero-order chi connectivity index (χ0) is 7.28. The summed E-state index contributed by atoms with van der Waals surface area (Å²) in [5.41, 5.74) is 0. The van der Waals surface area contributed by atoms with Crippen molar-refractivity contribution in [2.75, 3.05) is 0 Å². The Morgan fingerprint density at radius 3 is 2.11 bits per heavy atom. The molecule has 2 heteroatoms. The summed E-state index contributed by atoms with van der Waals surface area (Å²) >= 11 is 0. The topological polar surface area (TPSA) is 40.5 Å². The third-order valence-corrected chi connectivity index (χ3v) is 1.39. The second-order valence-corrected chi connectivity index (χ2v) is 2.49. The van der Waals surface area contributed by atoms with E-state index in [1.165, 1.54) is 0 Å². The van der Waals surface area contributed by atoms with Crippen LogP contribution in [0, 0.1) is 0 Å². The minimum atomic E-state index is -0.272. The van der Waals surface area contributed by atoms with Crippen molar-refractivity contribution in [3.8, 4) is 0 Å². The molecular formula is C7H16O2. The lowest BCUT2D eigenvalue weighted by Crippen LogP contribution is -2.08. The second kappa shape index (κ2) is 4.77. The van der Waals surface area contributed by atoms with Gasteiger partial charge in [-0.1, -0.05) is 6.92 Å². The van der Waals surface area contributed by atoms with Crippen LogP contribution in [0.3, 0.4) is 0 Å². The Hall–Kier alpha value is -0.0800. The lowest BCUT2D eigenvalue weighted by molar-refractivity contribution is 0.120. The van der Waals surface area contributed by atoms with E-state index in [4.69, 9.17) is 10.2 Å². The first-order valence-corrected chi connectivity index (χ1v) is 3.53. The van der Waals surface area contributed by atoms with E-state index < -0.39 is 0 Å². The normalized spacial score (nSPS) is 17.3. The van der Waals surface area contributed by atoms with Crippen LogP contribution in [0.15, 0.2) is 0 Å². The molecule has 2 atom stereocenters. The van der Waals surface area contributed by atoms with Gasteiger partial charge in [0.05, 0.1) is 12.2 Å². The summed E-state index contributed by atoms with van der Waals surface area (Å²) in [6.45, 7) is 3.68. The Balaban J connectivity index is 3.06. The molecule has 0 aromatic heterocycles. The highest BCUT2D eigenvalue weighted by atomic mass is 16.3. The molecular weight excluding hydrogens is 116 g/mol. The SMILES string of the molecule is CC[C@H](O)CC[C@@H](C)O. The zero-order valence-corrected chi connectivity index (χ0v) is 6.17. The molecule has 0 saturated carbocycles. The Morgan fingerprint density at radius 2 is 1.78 bits per heavy atom. The lowest BCUT2D eigenvalue weighted by Gasteiger charge is -2.07. The third kappa shape index (κ3) is 5.80. The molecule has 2 nitrogen and oxygen atoms in total. The molecule has 0 aliphatic rings. The molecule has 56 valence electrons. The monoisotopic (exact) mass is 132 g/mol. The van der Waals surface area contributed by atoms with E-state index in [1.807, 2.05) is 6.92 Å². The molecule has 0 saturated heterocycles. The lowest BCUT2D eigenvalue weighted by atomic mass is 10.1. The predicted octanol–water partition coefficient (Wildman–Crippen LogP) is 0.918. The Morgan fingerprint density at radius 1 is 1.22 bits per heavy atom. The molecule has 0 unspecified atom stereocenters. The van der Waals surface area contributed by atoms with Crippen LogP contribution >= 0.6 is 0 Å². The number of rotatable bonds is 4. The van der Waals surface area contributed by atoms with E-state index in [2.05, 4.69) is 0 Å². The van der Waals surface area contributed by atoms with Crippen molar-refractivity contribution in [1.29, 1.82) is 0 Å².